The molecular formula is C34H39FN2O6. The number of carboxylic acids is 1. The number of fused-ring (bicyclic) bond motifs is 1. The van der Waals surface area contributed by atoms with Crippen LogP contribution in [-0.2, 0) is 33.6 Å². The number of benzene rings is 3. The standard InChI is InChI=1S/C34H39FN2O6/c1-4-22-15-26(35)16-23(5-2)32(22)36-30(38)19-37-18-27(25-12-13-28-29(17-25)43-20-42-28)31(34(39)40)33(37)24-10-8-21(9-11-24)7-6-14-41-3/h8-13,15-17,27,31,33H,4-7,14,18-20H2,1-3H3,(H,36,38)(H,39,40)/t27-,31?,33+/m1/s1. The second-order valence-corrected chi connectivity index (χ2v) is 11.1. The SMILES string of the molecule is CCc1cc(F)cc(CC)c1NC(=O)CN1C[C@H](c2ccc3c(c2)OCO3)C(C(=O)O)[C@@H]1c1ccc(CCCOC)cc1. The lowest BCUT2D eigenvalue weighted by atomic mass is 9.82. The Morgan fingerprint density at radius 3 is 2.33 bits per heavy atom. The van der Waals surface area contributed by atoms with E-state index in [1.54, 1.807) is 7.11 Å². The van der Waals surface area contributed by atoms with Gasteiger partial charge < -0.3 is 24.6 Å². The van der Waals surface area contributed by atoms with E-state index >= 15 is 0 Å². The van der Waals surface area contributed by atoms with Crippen LogP contribution in [0.2, 0.25) is 0 Å². The van der Waals surface area contributed by atoms with E-state index in [1.807, 2.05) is 61.2 Å². The fourth-order valence-corrected chi connectivity index (χ4v) is 6.38. The summed E-state index contributed by atoms with van der Waals surface area (Å²) in [5.74, 6) is -1.51. The first-order valence-electron chi connectivity index (χ1n) is 14.9. The molecular weight excluding hydrogens is 551 g/mol. The van der Waals surface area contributed by atoms with E-state index in [2.05, 4.69) is 5.32 Å². The first kappa shape index (κ1) is 30.5. The number of likely N-dealkylation sites (tertiary alicyclic amines) is 1. The number of ether oxygens (including phenoxy) is 3. The zero-order valence-corrected chi connectivity index (χ0v) is 24.9. The van der Waals surface area contributed by atoms with Gasteiger partial charge in [0.25, 0.3) is 0 Å². The molecule has 1 fully saturated rings. The Morgan fingerprint density at radius 2 is 1.67 bits per heavy atom. The lowest BCUT2D eigenvalue weighted by Crippen LogP contribution is -2.35. The Balaban J connectivity index is 1.46. The smallest absolute Gasteiger partial charge is 0.309 e. The number of aryl methyl sites for hydroxylation is 3. The van der Waals surface area contributed by atoms with Crippen LogP contribution in [0.3, 0.4) is 0 Å². The summed E-state index contributed by atoms with van der Waals surface area (Å²) in [6.07, 6.45) is 2.87. The van der Waals surface area contributed by atoms with Gasteiger partial charge in [0, 0.05) is 37.9 Å². The van der Waals surface area contributed by atoms with Crippen molar-refractivity contribution in [2.45, 2.75) is 51.5 Å². The van der Waals surface area contributed by atoms with E-state index in [9.17, 15) is 19.1 Å². The van der Waals surface area contributed by atoms with E-state index < -0.39 is 23.8 Å². The van der Waals surface area contributed by atoms with Crippen molar-refractivity contribution in [3.8, 4) is 11.5 Å². The van der Waals surface area contributed by atoms with Gasteiger partial charge in [0.2, 0.25) is 12.7 Å². The summed E-state index contributed by atoms with van der Waals surface area (Å²) in [7, 11) is 1.68. The van der Waals surface area contributed by atoms with Gasteiger partial charge >= 0.3 is 5.97 Å². The minimum absolute atomic E-state index is 0.0191. The number of anilines is 1. The average Bonchev–Trinajstić information content (AvgIpc) is 3.62. The van der Waals surface area contributed by atoms with Gasteiger partial charge in [-0.15, -0.1) is 0 Å². The van der Waals surface area contributed by atoms with Crippen molar-refractivity contribution >= 4 is 17.6 Å². The maximum absolute atomic E-state index is 14.2. The van der Waals surface area contributed by atoms with Gasteiger partial charge in [0.05, 0.1) is 12.5 Å². The topological polar surface area (TPSA) is 97.3 Å². The lowest BCUT2D eigenvalue weighted by Gasteiger charge is -2.27. The van der Waals surface area contributed by atoms with Crippen LogP contribution in [0.15, 0.2) is 54.6 Å². The summed E-state index contributed by atoms with van der Waals surface area (Å²) in [4.78, 5) is 28.5. The number of carboxylic acid groups (broad SMARTS) is 1. The number of carbonyl (C=O) groups is 2. The maximum atomic E-state index is 14.2. The molecule has 0 spiro atoms. The molecule has 9 heteroatoms. The minimum Gasteiger partial charge on any atom is -0.481 e. The summed E-state index contributed by atoms with van der Waals surface area (Å²) < 4.78 is 30.4. The first-order valence-corrected chi connectivity index (χ1v) is 14.9. The van der Waals surface area contributed by atoms with Crippen LogP contribution < -0.4 is 14.8 Å². The van der Waals surface area contributed by atoms with E-state index in [0.29, 0.717) is 43.2 Å². The molecule has 3 atom stereocenters. The summed E-state index contributed by atoms with van der Waals surface area (Å²) in [5, 5.41) is 13.6. The van der Waals surface area contributed by atoms with Crippen LogP contribution in [0.4, 0.5) is 10.1 Å². The lowest BCUT2D eigenvalue weighted by molar-refractivity contribution is -0.143. The summed E-state index contributed by atoms with van der Waals surface area (Å²) in [6, 6.07) is 15.9. The molecule has 3 aromatic carbocycles. The van der Waals surface area contributed by atoms with Crippen LogP contribution in [0.25, 0.3) is 0 Å². The average molecular weight is 591 g/mol. The molecule has 2 aliphatic rings. The number of methoxy groups -OCH3 is 1. The molecule has 0 aromatic heterocycles. The number of hydrogen-bond acceptors (Lipinski definition) is 6. The van der Waals surface area contributed by atoms with Crippen LogP contribution in [0.1, 0.15) is 60.0 Å². The largest absolute Gasteiger partial charge is 0.481 e. The van der Waals surface area contributed by atoms with Crippen molar-refractivity contribution in [2.75, 3.05) is 38.9 Å². The van der Waals surface area contributed by atoms with E-state index in [1.165, 1.54) is 12.1 Å². The molecule has 0 bridgehead atoms. The number of aliphatic carboxylic acids is 1. The molecule has 5 rings (SSSR count). The Bertz CT molecular complexity index is 1430. The molecule has 3 aromatic rings. The summed E-state index contributed by atoms with van der Waals surface area (Å²) >= 11 is 0. The Morgan fingerprint density at radius 1 is 1.00 bits per heavy atom. The Kier molecular flexibility index (Phi) is 9.62. The monoisotopic (exact) mass is 590 g/mol. The molecule has 0 aliphatic carbocycles. The second kappa shape index (κ2) is 13.6. The van der Waals surface area contributed by atoms with Gasteiger partial charge in [-0.05, 0) is 77.8 Å². The molecule has 2 N–H and O–H groups in total. The molecule has 0 saturated carbocycles. The van der Waals surface area contributed by atoms with Gasteiger partial charge in [0.1, 0.15) is 5.82 Å². The van der Waals surface area contributed by atoms with Gasteiger partial charge in [-0.2, -0.15) is 0 Å². The van der Waals surface area contributed by atoms with Crippen molar-refractivity contribution in [3.63, 3.8) is 0 Å². The third kappa shape index (κ3) is 6.68. The van der Waals surface area contributed by atoms with Crippen molar-refractivity contribution in [1.82, 2.24) is 4.90 Å². The highest BCUT2D eigenvalue weighted by Gasteiger charge is 2.48. The Hall–Kier alpha value is -3.95. The van der Waals surface area contributed by atoms with Crippen molar-refractivity contribution < 1.29 is 33.3 Å². The predicted molar refractivity (Wildman–Crippen MR) is 161 cm³/mol. The van der Waals surface area contributed by atoms with Crippen molar-refractivity contribution in [3.05, 3.63) is 88.2 Å². The summed E-state index contributed by atoms with van der Waals surface area (Å²) in [6.45, 7) is 4.97. The maximum Gasteiger partial charge on any atom is 0.309 e. The van der Waals surface area contributed by atoms with Gasteiger partial charge in [-0.3, -0.25) is 14.5 Å². The Labute approximate surface area is 251 Å². The van der Waals surface area contributed by atoms with E-state index in [0.717, 1.165) is 40.7 Å². The van der Waals surface area contributed by atoms with Crippen LogP contribution in [0, 0.1) is 11.7 Å². The number of nitrogens with zero attached hydrogens (tertiary/aromatic N) is 1. The number of carbonyl (C=O) groups excluding carboxylic acids is 1. The minimum atomic E-state index is -0.931. The fourth-order valence-electron chi connectivity index (χ4n) is 6.38. The quantitative estimate of drug-likeness (QED) is 0.260. The number of amides is 1. The van der Waals surface area contributed by atoms with Crippen LogP contribution in [0.5, 0.6) is 11.5 Å². The third-order valence-electron chi connectivity index (χ3n) is 8.48. The molecule has 0 radical (unpaired) electrons. The molecule has 2 aliphatic heterocycles. The molecule has 1 amide bonds. The zero-order chi connectivity index (χ0) is 30.5. The van der Waals surface area contributed by atoms with E-state index in [4.69, 9.17) is 14.2 Å². The van der Waals surface area contributed by atoms with Gasteiger partial charge in [-0.1, -0.05) is 44.2 Å². The predicted octanol–water partition coefficient (Wildman–Crippen LogP) is 5.74. The highest BCUT2D eigenvalue weighted by molar-refractivity contribution is 5.94. The zero-order valence-electron chi connectivity index (χ0n) is 24.9. The van der Waals surface area contributed by atoms with Crippen molar-refractivity contribution in [1.29, 1.82) is 0 Å². The number of nitrogens with one attached hydrogen (secondary N) is 1. The van der Waals surface area contributed by atoms with Crippen LogP contribution in [-0.4, -0.2) is 55.5 Å². The highest BCUT2D eigenvalue weighted by Crippen LogP contribution is 2.47. The van der Waals surface area contributed by atoms with Crippen molar-refractivity contribution in [2.24, 2.45) is 5.92 Å². The number of halogens is 1. The van der Waals surface area contributed by atoms with Gasteiger partial charge in [0.15, 0.2) is 11.5 Å². The van der Waals surface area contributed by atoms with Gasteiger partial charge in [-0.25, -0.2) is 4.39 Å². The van der Waals surface area contributed by atoms with E-state index in [-0.39, 0.29) is 25.1 Å². The summed E-state index contributed by atoms with van der Waals surface area (Å²) in [5.41, 5.74) is 4.89. The molecule has 43 heavy (non-hydrogen) atoms. The molecule has 8 nitrogen and oxygen atoms in total. The first-order chi connectivity index (χ1) is 20.8. The number of hydrogen-bond donors (Lipinski definition) is 2. The third-order valence-corrected chi connectivity index (χ3v) is 8.48. The number of rotatable bonds is 12. The molecule has 1 unspecified atom stereocenters. The normalized spacial score (nSPS) is 19.5. The molecule has 2 heterocycles. The van der Waals surface area contributed by atoms with Crippen LogP contribution >= 0.6 is 0 Å². The molecule has 1 saturated heterocycles. The fraction of sp³-hybridized carbons (Fsp3) is 0.412. The highest BCUT2D eigenvalue weighted by atomic mass is 19.1. The second-order valence-electron chi connectivity index (χ2n) is 11.1. The molecule has 228 valence electrons.